The van der Waals surface area contributed by atoms with Crippen LogP contribution in [0.1, 0.15) is 19.3 Å². The molecule has 156 valence electrons. The van der Waals surface area contributed by atoms with Crippen molar-refractivity contribution in [3.05, 3.63) is 30.3 Å². The Morgan fingerprint density at radius 3 is 2.59 bits per heavy atom. The van der Waals surface area contributed by atoms with Crippen LogP contribution in [0.25, 0.3) is 0 Å². The van der Waals surface area contributed by atoms with E-state index < -0.39 is 11.9 Å². The zero-order chi connectivity index (χ0) is 19.1. The molecule has 3 aliphatic rings. The van der Waals surface area contributed by atoms with Gasteiger partial charge in [-0.05, 0) is 25.3 Å². The van der Waals surface area contributed by atoms with Crippen molar-refractivity contribution in [2.75, 3.05) is 41.3 Å². The van der Waals surface area contributed by atoms with Crippen molar-refractivity contribution >= 4 is 35.7 Å². The van der Waals surface area contributed by atoms with Gasteiger partial charge in [0.15, 0.2) is 11.6 Å². The Kier molecular flexibility index (Phi) is 5.71. The van der Waals surface area contributed by atoms with Crippen molar-refractivity contribution in [3.63, 3.8) is 0 Å². The van der Waals surface area contributed by atoms with Crippen molar-refractivity contribution in [1.29, 1.82) is 0 Å². The van der Waals surface area contributed by atoms with Crippen molar-refractivity contribution in [3.8, 4) is 0 Å². The Balaban J connectivity index is 0.00000205. The van der Waals surface area contributed by atoms with E-state index in [2.05, 4.69) is 30.5 Å². The number of β-amino-alcohol motifs (C(OH)–C–C–N with tert-alkyl or cyclic N) is 1. The molecule has 0 spiro atoms. The average molecular weight is 422 g/mol. The lowest BCUT2D eigenvalue weighted by molar-refractivity contribution is 0.198. The summed E-state index contributed by atoms with van der Waals surface area (Å²) >= 11 is 0. The predicted molar refractivity (Wildman–Crippen MR) is 112 cm³/mol. The number of aromatic nitrogens is 3. The molecule has 3 N–H and O–H groups in total. The monoisotopic (exact) mass is 421 g/mol. The third-order valence-electron chi connectivity index (χ3n) is 5.72. The number of hydrogen-bond acceptors (Lipinski definition) is 8. The van der Waals surface area contributed by atoms with E-state index in [0.717, 1.165) is 18.9 Å². The number of fused-ring (bicyclic) bond motifs is 2. The molecule has 2 aromatic heterocycles. The molecule has 0 aromatic carbocycles. The minimum atomic E-state index is -0.422. The number of rotatable bonds is 4. The van der Waals surface area contributed by atoms with Crippen LogP contribution in [0.2, 0.25) is 0 Å². The van der Waals surface area contributed by atoms with E-state index in [0.29, 0.717) is 43.2 Å². The van der Waals surface area contributed by atoms with Crippen LogP contribution in [-0.2, 0) is 0 Å². The summed E-state index contributed by atoms with van der Waals surface area (Å²) in [6.07, 6.45) is 5.93. The molecule has 0 amide bonds. The van der Waals surface area contributed by atoms with Gasteiger partial charge in [0.25, 0.3) is 0 Å². The van der Waals surface area contributed by atoms with E-state index in [9.17, 15) is 9.50 Å². The smallest absolute Gasteiger partial charge is 0.229 e. The molecular formula is C19H25ClFN7O. The zero-order valence-electron chi connectivity index (χ0n) is 16.0. The Hall–Kier alpha value is -2.23. The second-order valence-corrected chi connectivity index (χ2v) is 7.82. The number of halogens is 2. The highest BCUT2D eigenvalue weighted by atomic mass is 35.5. The maximum Gasteiger partial charge on any atom is 0.229 e. The van der Waals surface area contributed by atoms with Crippen LogP contribution in [0.5, 0.6) is 0 Å². The van der Waals surface area contributed by atoms with Crippen LogP contribution in [0.4, 0.5) is 27.7 Å². The Labute approximate surface area is 175 Å². The standard InChI is InChI=1S/C19H24FN7O.ClH/c20-16-7-14(8-22-18(16)26-6-4-15(28)11-26)24-19-21-5-3-17(25-19)27-9-12-1-2-13(10-27)23-12;/h3,5,7-8,12-13,15,23,28H,1-2,4,6,9-11H2,(H,21,24,25);1H/t12-,13+,15?;. The number of pyridine rings is 1. The molecule has 3 atom stereocenters. The quantitative estimate of drug-likeness (QED) is 0.687. The van der Waals surface area contributed by atoms with Gasteiger partial charge in [-0.3, -0.25) is 0 Å². The van der Waals surface area contributed by atoms with Gasteiger partial charge in [0.1, 0.15) is 5.82 Å². The number of nitrogens with one attached hydrogen (secondary N) is 2. The molecule has 3 fully saturated rings. The van der Waals surface area contributed by atoms with Crippen molar-refractivity contribution in [2.45, 2.75) is 37.5 Å². The number of piperazine rings is 1. The normalized spacial score (nSPS) is 25.8. The Morgan fingerprint density at radius 1 is 1.10 bits per heavy atom. The van der Waals surface area contributed by atoms with Crippen LogP contribution >= 0.6 is 12.4 Å². The van der Waals surface area contributed by atoms with Gasteiger partial charge in [-0.15, -0.1) is 12.4 Å². The molecule has 0 aliphatic carbocycles. The number of aliphatic hydroxyl groups excluding tert-OH is 1. The van der Waals surface area contributed by atoms with Gasteiger partial charge in [-0.1, -0.05) is 0 Å². The van der Waals surface area contributed by atoms with E-state index in [1.54, 1.807) is 17.3 Å². The number of anilines is 4. The predicted octanol–water partition coefficient (Wildman–Crippen LogP) is 1.69. The summed E-state index contributed by atoms with van der Waals surface area (Å²) in [4.78, 5) is 17.2. The average Bonchev–Trinajstić information content (AvgIpc) is 3.27. The van der Waals surface area contributed by atoms with Gasteiger partial charge >= 0.3 is 0 Å². The fourth-order valence-electron chi connectivity index (χ4n) is 4.36. The van der Waals surface area contributed by atoms with E-state index in [-0.39, 0.29) is 18.2 Å². The first-order valence-corrected chi connectivity index (χ1v) is 9.84. The van der Waals surface area contributed by atoms with Gasteiger partial charge in [0.2, 0.25) is 5.95 Å². The maximum absolute atomic E-state index is 14.5. The first-order chi connectivity index (χ1) is 13.6. The lowest BCUT2D eigenvalue weighted by Gasteiger charge is -2.33. The number of nitrogens with zero attached hydrogens (tertiary/aromatic N) is 5. The van der Waals surface area contributed by atoms with Crippen LogP contribution in [0, 0.1) is 5.82 Å². The van der Waals surface area contributed by atoms with Crippen molar-refractivity contribution < 1.29 is 9.50 Å². The molecule has 0 radical (unpaired) electrons. The summed E-state index contributed by atoms with van der Waals surface area (Å²) in [5.74, 6) is 1.16. The van der Waals surface area contributed by atoms with Gasteiger partial charge in [0.05, 0.1) is 18.0 Å². The highest BCUT2D eigenvalue weighted by Crippen LogP contribution is 2.26. The summed E-state index contributed by atoms with van der Waals surface area (Å²) in [5, 5.41) is 16.3. The zero-order valence-corrected chi connectivity index (χ0v) is 16.8. The maximum atomic E-state index is 14.5. The molecule has 3 saturated heterocycles. The Morgan fingerprint density at radius 2 is 1.90 bits per heavy atom. The van der Waals surface area contributed by atoms with Crippen LogP contribution in [-0.4, -0.2) is 64.4 Å². The third kappa shape index (κ3) is 4.22. The first-order valence-electron chi connectivity index (χ1n) is 9.84. The summed E-state index contributed by atoms with van der Waals surface area (Å²) in [6.45, 7) is 2.91. The molecule has 2 aromatic rings. The van der Waals surface area contributed by atoms with E-state index in [1.165, 1.54) is 18.9 Å². The second kappa shape index (κ2) is 8.25. The van der Waals surface area contributed by atoms with Gasteiger partial charge in [-0.25, -0.2) is 14.4 Å². The third-order valence-corrected chi connectivity index (χ3v) is 5.72. The van der Waals surface area contributed by atoms with Crippen LogP contribution in [0.15, 0.2) is 24.5 Å². The summed E-state index contributed by atoms with van der Waals surface area (Å²) in [6, 6.07) is 4.37. The molecule has 10 heteroatoms. The molecule has 0 saturated carbocycles. The molecule has 29 heavy (non-hydrogen) atoms. The van der Waals surface area contributed by atoms with Crippen molar-refractivity contribution in [1.82, 2.24) is 20.3 Å². The van der Waals surface area contributed by atoms with Crippen LogP contribution < -0.4 is 20.4 Å². The highest BCUT2D eigenvalue weighted by molar-refractivity contribution is 5.85. The van der Waals surface area contributed by atoms with E-state index in [4.69, 9.17) is 0 Å². The molecule has 3 aliphatic heterocycles. The molecule has 8 nitrogen and oxygen atoms in total. The van der Waals surface area contributed by atoms with E-state index >= 15 is 0 Å². The minimum Gasteiger partial charge on any atom is -0.391 e. The lowest BCUT2D eigenvalue weighted by atomic mass is 10.2. The fraction of sp³-hybridized carbons (Fsp3) is 0.526. The summed E-state index contributed by atoms with van der Waals surface area (Å²) in [5.41, 5.74) is 0.499. The largest absolute Gasteiger partial charge is 0.391 e. The second-order valence-electron chi connectivity index (χ2n) is 7.82. The highest BCUT2D eigenvalue weighted by Gasteiger charge is 2.32. The first kappa shape index (κ1) is 20.1. The summed E-state index contributed by atoms with van der Waals surface area (Å²) < 4.78 is 14.5. The molecule has 2 bridgehead atoms. The van der Waals surface area contributed by atoms with E-state index in [1.807, 2.05) is 6.07 Å². The fourth-order valence-corrected chi connectivity index (χ4v) is 4.36. The van der Waals surface area contributed by atoms with Gasteiger partial charge in [0, 0.05) is 50.5 Å². The van der Waals surface area contributed by atoms with Crippen molar-refractivity contribution in [2.24, 2.45) is 0 Å². The number of aliphatic hydroxyl groups is 1. The summed E-state index contributed by atoms with van der Waals surface area (Å²) in [7, 11) is 0. The molecular weight excluding hydrogens is 397 g/mol. The Bertz CT molecular complexity index is 860. The van der Waals surface area contributed by atoms with Gasteiger partial charge in [-0.2, -0.15) is 4.98 Å². The molecule has 5 heterocycles. The topological polar surface area (TPSA) is 89.4 Å². The molecule has 1 unspecified atom stereocenters. The van der Waals surface area contributed by atoms with Gasteiger partial charge < -0.3 is 25.5 Å². The SMILES string of the molecule is Cl.OC1CCN(c2ncc(Nc3nccc(N4C[C@H]5CC[C@@H](C4)N5)n3)cc2F)C1. The minimum absolute atomic E-state index is 0. The number of hydrogen-bond donors (Lipinski definition) is 3. The molecule has 5 rings (SSSR count). The lowest BCUT2D eigenvalue weighted by Crippen LogP contribution is -2.51. The van der Waals surface area contributed by atoms with Crippen LogP contribution in [0.3, 0.4) is 0 Å².